The first-order valence-corrected chi connectivity index (χ1v) is 16.0. The molecule has 5 aromatic rings. The van der Waals surface area contributed by atoms with Crippen LogP contribution in [-0.4, -0.2) is 65.4 Å². The minimum atomic E-state index is -2.62. The summed E-state index contributed by atoms with van der Waals surface area (Å²) >= 11 is 1.73. The van der Waals surface area contributed by atoms with Gasteiger partial charge in [0.2, 0.25) is 23.3 Å². The first-order valence-electron chi connectivity index (χ1n) is 14.5. The van der Waals surface area contributed by atoms with E-state index in [0.29, 0.717) is 5.75 Å². The molecule has 236 valence electrons. The highest BCUT2D eigenvalue weighted by atomic mass is 127. The Morgan fingerprint density at radius 1 is 1.04 bits per heavy atom. The van der Waals surface area contributed by atoms with E-state index in [0.717, 1.165) is 16.7 Å². The number of hydrogen-bond acceptors (Lipinski definition) is 9. The number of imidazole rings is 1. The summed E-state index contributed by atoms with van der Waals surface area (Å²) in [5.74, 6) is 0.475. The highest BCUT2D eigenvalue weighted by Crippen LogP contribution is 2.47. The summed E-state index contributed by atoms with van der Waals surface area (Å²) in [5, 5.41) is 25.7. The lowest BCUT2D eigenvalue weighted by atomic mass is 9.77. The average Bonchev–Trinajstić information content (AvgIpc) is 3.61. The number of alkyl halides is 2. The predicted octanol–water partition coefficient (Wildman–Crippen LogP) is 4.99. The zero-order chi connectivity index (χ0) is 32.5. The summed E-state index contributed by atoms with van der Waals surface area (Å²) in [4.78, 5) is 14.0. The van der Waals surface area contributed by atoms with Crippen LogP contribution in [0.15, 0.2) is 91.3 Å². The molecule has 1 fully saturated rings. The number of ether oxygens (including phenoxy) is 3. The predicted molar refractivity (Wildman–Crippen MR) is 179 cm³/mol. The number of aliphatic hydroxyl groups is 2. The maximum atomic E-state index is 15.6. The van der Waals surface area contributed by atoms with Gasteiger partial charge in [0.1, 0.15) is 11.3 Å². The van der Waals surface area contributed by atoms with Crippen LogP contribution in [0.1, 0.15) is 29.8 Å². The fourth-order valence-electron chi connectivity index (χ4n) is 5.78. The van der Waals surface area contributed by atoms with Crippen molar-refractivity contribution >= 4 is 39.7 Å². The number of aromatic nitrogens is 4. The number of halogens is 2. The lowest BCUT2D eigenvalue weighted by Crippen LogP contribution is -2.49. The van der Waals surface area contributed by atoms with E-state index in [2.05, 4.69) is 16.2 Å². The third-order valence-corrected chi connectivity index (χ3v) is 9.12. The highest BCUT2D eigenvalue weighted by Gasteiger charge is 2.64. The Morgan fingerprint density at radius 2 is 1.65 bits per heavy atom. The summed E-state index contributed by atoms with van der Waals surface area (Å²) in [6, 6.07) is 27.3. The van der Waals surface area contributed by atoms with Gasteiger partial charge in [-0.2, -0.15) is 9.97 Å². The molecule has 6 rings (SSSR count). The molecule has 0 amide bonds. The maximum absolute atomic E-state index is 15.6. The molecule has 0 radical (unpaired) electrons. The van der Waals surface area contributed by atoms with Crippen molar-refractivity contribution in [2.45, 2.75) is 36.3 Å². The molecule has 1 aliphatic rings. The number of fused-ring (bicyclic) bond motifs is 1. The van der Waals surface area contributed by atoms with Gasteiger partial charge in [0.05, 0.1) is 24.5 Å². The number of nitrogens with zero attached hydrogens (tertiary/aromatic N) is 4. The van der Waals surface area contributed by atoms with Gasteiger partial charge < -0.3 is 29.7 Å². The van der Waals surface area contributed by atoms with Crippen molar-refractivity contribution in [2.75, 3.05) is 23.5 Å². The van der Waals surface area contributed by atoms with Crippen molar-refractivity contribution in [1.82, 2.24) is 19.5 Å². The molecule has 4 atom stereocenters. The highest BCUT2D eigenvalue weighted by molar-refractivity contribution is 14.1. The molecule has 2 aromatic heterocycles. The Bertz CT molecular complexity index is 1830. The molecule has 1 unspecified atom stereocenters. The zero-order valence-corrected chi connectivity index (χ0v) is 27.1. The first kappa shape index (κ1) is 31.7. The van der Waals surface area contributed by atoms with Crippen molar-refractivity contribution in [2.24, 2.45) is 0 Å². The number of benzene rings is 3. The molecule has 0 aliphatic carbocycles. The van der Waals surface area contributed by atoms with Gasteiger partial charge in [-0.1, -0.05) is 101 Å². The number of methoxy groups -OCH3 is 1. The summed E-state index contributed by atoms with van der Waals surface area (Å²) in [6.07, 6.45) is 3.36. The van der Waals surface area contributed by atoms with Crippen molar-refractivity contribution in [1.29, 1.82) is 0 Å². The van der Waals surface area contributed by atoms with E-state index in [9.17, 15) is 10.2 Å². The van der Waals surface area contributed by atoms with Gasteiger partial charge in [-0.3, -0.25) is 4.57 Å². The number of anilines is 1. The van der Waals surface area contributed by atoms with Gasteiger partial charge in [0, 0.05) is 0 Å². The smallest absolute Gasteiger partial charge is 0.250 e. The molecule has 46 heavy (non-hydrogen) atoms. The molecule has 0 spiro atoms. The number of rotatable bonds is 10. The van der Waals surface area contributed by atoms with Crippen LogP contribution in [-0.2, 0) is 10.3 Å². The summed E-state index contributed by atoms with van der Waals surface area (Å²) < 4.78 is 33.6. The Labute approximate surface area is 278 Å². The van der Waals surface area contributed by atoms with Crippen LogP contribution in [0.5, 0.6) is 11.6 Å². The average molecular weight is 736 g/mol. The van der Waals surface area contributed by atoms with Gasteiger partial charge in [-0.05, 0) is 35.7 Å². The quantitative estimate of drug-likeness (QED) is 0.0788. The van der Waals surface area contributed by atoms with Crippen LogP contribution < -0.4 is 14.8 Å². The van der Waals surface area contributed by atoms with Crippen LogP contribution in [0, 0.1) is 12.3 Å². The molecule has 0 bridgehead atoms. The van der Waals surface area contributed by atoms with Crippen molar-refractivity contribution < 1.29 is 28.8 Å². The second kappa shape index (κ2) is 12.5. The lowest BCUT2D eigenvalue weighted by Gasteiger charge is -2.37. The van der Waals surface area contributed by atoms with Crippen LogP contribution in [0.2, 0.25) is 0 Å². The summed E-state index contributed by atoms with van der Waals surface area (Å²) in [5.41, 5.74) is -0.483. The molecule has 3 aromatic carbocycles. The minimum absolute atomic E-state index is 0.129. The summed E-state index contributed by atoms with van der Waals surface area (Å²) in [6.45, 7) is 2.06. The monoisotopic (exact) mass is 735 g/mol. The third kappa shape index (κ3) is 5.13. The Hall–Kier alpha value is -4.29. The molecule has 0 saturated carbocycles. The number of aliphatic hydroxyl groups excluding tert-OH is 1. The van der Waals surface area contributed by atoms with Gasteiger partial charge >= 0.3 is 0 Å². The molecule has 12 heteroatoms. The van der Waals surface area contributed by atoms with Crippen molar-refractivity contribution in [3.05, 3.63) is 108 Å². The fraction of sp³-hybridized carbons (Fsp3) is 0.265. The first-order chi connectivity index (χ1) is 22.2. The van der Waals surface area contributed by atoms with Crippen molar-refractivity contribution in [3.63, 3.8) is 0 Å². The molecule has 10 nitrogen and oxygen atoms in total. The van der Waals surface area contributed by atoms with E-state index < -0.39 is 29.3 Å². The van der Waals surface area contributed by atoms with Crippen LogP contribution in [0.4, 0.5) is 10.3 Å². The number of nitrogens with one attached hydrogen (secondary N) is 1. The molecular formula is C34H31FIN5O5. The normalized spacial score (nSPS) is 22.8. The Kier molecular flexibility index (Phi) is 8.60. The number of terminal acetylenes is 1. The lowest BCUT2D eigenvalue weighted by molar-refractivity contribution is -0.167. The Balaban J connectivity index is 1.59. The van der Waals surface area contributed by atoms with E-state index >= 15 is 4.39 Å². The SMILES string of the molecule is C#C[C@]1(O)C(n2cnc3c(OCC)nc(NC(c4ccccc4)(c4ccccc4)c4ccc(OC)cc4)nc32)O[C@](F)(CI)[C@H]1O. The van der Waals surface area contributed by atoms with Gasteiger partial charge in [-0.25, -0.2) is 9.37 Å². The van der Waals surface area contributed by atoms with E-state index in [-0.39, 0.29) is 34.0 Å². The second-order valence-electron chi connectivity index (χ2n) is 10.7. The van der Waals surface area contributed by atoms with Gasteiger partial charge in [0.25, 0.3) is 0 Å². The topological polar surface area (TPSA) is 124 Å². The molecule has 1 aliphatic heterocycles. The van der Waals surface area contributed by atoms with Crippen molar-refractivity contribution in [3.8, 4) is 24.0 Å². The Morgan fingerprint density at radius 3 is 2.20 bits per heavy atom. The van der Waals surface area contributed by atoms with E-state index in [1.807, 2.05) is 84.9 Å². The molecule has 3 N–H and O–H groups in total. The standard InChI is InChI=1S/C34H31FIN5O5/c1-4-32(43)29(42)33(35,20-36)46-30(32)41-21-37-26-27(41)38-31(39-28(26)45-5-2)40-34(22-12-8-6-9-13-22,23-14-10-7-11-15-23)24-16-18-25(44-3)19-17-24/h1,6-19,21,29-30,42-43H,5,20H2,2-3H3,(H,38,39,40)/t29-,30?,32+,33+/m0/s1. The number of hydrogen-bond donors (Lipinski definition) is 3. The molecular weight excluding hydrogens is 704 g/mol. The fourth-order valence-corrected chi connectivity index (χ4v) is 6.38. The molecule has 3 heterocycles. The van der Waals surface area contributed by atoms with Crippen LogP contribution in [0.25, 0.3) is 11.2 Å². The second-order valence-corrected chi connectivity index (χ2v) is 11.5. The van der Waals surface area contributed by atoms with Crippen LogP contribution in [0.3, 0.4) is 0 Å². The van der Waals surface area contributed by atoms with Gasteiger partial charge in [0.15, 0.2) is 23.5 Å². The van der Waals surface area contributed by atoms with E-state index in [4.69, 9.17) is 30.6 Å². The minimum Gasteiger partial charge on any atom is -0.497 e. The third-order valence-electron chi connectivity index (χ3n) is 8.08. The van der Waals surface area contributed by atoms with Crippen LogP contribution >= 0.6 is 22.6 Å². The van der Waals surface area contributed by atoms with E-state index in [1.165, 1.54) is 10.9 Å². The van der Waals surface area contributed by atoms with E-state index in [1.54, 1.807) is 36.6 Å². The van der Waals surface area contributed by atoms with Gasteiger partial charge in [-0.15, -0.1) is 6.42 Å². The zero-order valence-electron chi connectivity index (χ0n) is 25.0. The summed E-state index contributed by atoms with van der Waals surface area (Å²) in [7, 11) is 1.61. The largest absolute Gasteiger partial charge is 0.497 e. The molecule has 1 saturated heterocycles. The maximum Gasteiger partial charge on any atom is 0.250 e.